The smallest absolute Gasteiger partial charge is 0.387 e. The third-order valence-electron chi connectivity index (χ3n) is 5.21. The van der Waals surface area contributed by atoms with Gasteiger partial charge in [0.05, 0.1) is 5.69 Å². The molecule has 0 unspecified atom stereocenters. The highest BCUT2D eigenvalue weighted by Crippen LogP contribution is 2.40. The first-order valence-corrected chi connectivity index (χ1v) is 9.54. The molecule has 11 heteroatoms. The quantitative estimate of drug-likeness (QED) is 0.540. The molecule has 1 aromatic carbocycles. The van der Waals surface area contributed by atoms with Crippen LogP contribution in [0.4, 0.5) is 14.6 Å². The van der Waals surface area contributed by atoms with Crippen molar-refractivity contribution in [3.05, 3.63) is 59.0 Å². The highest BCUT2D eigenvalue weighted by atomic mass is 19.3. The van der Waals surface area contributed by atoms with E-state index in [1.807, 2.05) is 6.92 Å². The van der Waals surface area contributed by atoms with Gasteiger partial charge in [-0.05, 0) is 43.7 Å². The number of ether oxygens (including phenoxy) is 1. The molecule has 3 aromatic heterocycles. The Morgan fingerprint density at radius 2 is 2.00 bits per heavy atom. The van der Waals surface area contributed by atoms with Crippen LogP contribution in [0.15, 0.2) is 36.4 Å². The highest BCUT2D eigenvalue weighted by molar-refractivity contribution is 5.95. The number of hydrogen-bond acceptors (Lipinski definition) is 6. The number of halogens is 2. The number of aromatic nitrogens is 6. The summed E-state index contributed by atoms with van der Waals surface area (Å²) in [5.41, 5.74) is 2.78. The second-order valence-corrected chi connectivity index (χ2v) is 7.22. The van der Waals surface area contributed by atoms with Gasteiger partial charge in [0, 0.05) is 17.9 Å². The number of rotatable bonds is 4. The number of anilines is 1. The Balaban J connectivity index is 1.62. The van der Waals surface area contributed by atoms with Crippen molar-refractivity contribution in [2.45, 2.75) is 32.8 Å². The number of amides is 1. The van der Waals surface area contributed by atoms with Crippen molar-refractivity contribution in [2.75, 3.05) is 5.32 Å². The van der Waals surface area contributed by atoms with Gasteiger partial charge in [0.1, 0.15) is 11.6 Å². The van der Waals surface area contributed by atoms with Crippen LogP contribution in [-0.2, 0) is 4.79 Å². The molecular weight excluding hydrogens is 408 g/mol. The largest absolute Gasteiger partial charge is 0.435 e. The van der Waals surface area contributed by atoms with Crippen LogP contribution < -0.4 is 10.1 Å². The number of alkyl halides is 2. The Morgan fingerprint density at radius 3 is 2.81 bits per heavy atom. The summed E-state index contributed by atoms with van der Waals surface area (Å²) in [5.74, 6) is 1.07. The lowest BCUT2D eigenvalue weighted by Crippen LogP contribution is -2.25. The van der Waals surface area contributed by atoms with E-state index >= 15 is 0 Å². The first-order valence-electron chi connectivity index (χ1n) is 9.54. The van der Waals surface area contributed by atoms with Gasteiger partial charge in [-0.25, -0.2) is 0 Å². The fourth-order valence-electron chi connectivity index (χ4n) is 3.90. The van der Waals surface area contributed by atoms with Gasteiger partial charge in [-0.1, -0.05) is 12.1 Å². The summed E-state index contributed by atoms with van der Waals surface area (Å²) in [7, 11) is 0. The molecule has 9 nitrogen and oxygen atoms in total. The standard InChI is InChI=1S/C20H17F2N7O2/c1-10-18-14(12-4-3-5-13(8-12)31-20(21)22)9-17(30)23-19(18)29(26-10)16-7-6-15-25-24-11(2)28(15)27-16/h3-8,14,20H,9H2,1-2H3,(H,23,30)/t14-/m1/s1. The molecule has 0 saturated heterocycles. The molecule has 1 aliphatic heterocycles. The van der Waals surface area contributed by atoms with Crippen molar-refractivity contribution < 1.29 is 18.3 Å². The number of hydrogen-bond donors (Lipinski definition) is 1. The summed E-state index contributed by atoms with van der Waals surface area (Å²) in [6.07, 6.45) is 0.161. The van der Waals surface area contributed by atoms with Crippen molar-refractivity contribution in [3.8, 4) is 11.6 Å². The van der Waals surface area contributed by atoms with Crippen LogP contribution in [-0.4, -0.2) is 42.1 Å². The minimum Gasteiger partial charge on any atom is -0.435 e. The molecule has 0 spiro atoms. The second kappa shape index (κ2) is 7.11. The molecular formula is C20H17F2N7O2. The third kappa shape index (κ3) is 3.27. The van der Waals surface area contributed by atoms with Crippen molar-refractivity contribution in [1.29, 1.82) is 0 Å². The summed E-state index contributed by atoms with van der Waals surface area (Å²) in [6, 6.07) is 9.90. The predicted molar refractivity (Wildman–Crippen MR) is 106 cm³/mol. The van der Waals surface area contributed by atoms with Crippen LogP contribution in [0.3, 0.4) is 0 Å². The number of aryl methyl sites for hydroxylation is 2. The summed E-state index contributed by atoms with van der Waals surface area (Å²) < 4.78 is 33.0. The average Bonchev–Trinajstić information content (AvgIpc) is 3.27. The Kier molecular flexibility index (Phi) is 4.38. The summed E-state index contributed by atoms with van der Waals surface area (Å²) >= 11 is 0. The van der Waals surface area contributed by atoms with E-state index < -0.39 is 6.61 Å². The molecule has 158 valence electrons. The zero-order valence-corrected chi connectivity index (χ0v) is 16.6. The molecule has 0 fully saturated rings. The van der Waals surface area contributed by atoms with E-state index in [9.17, 15) is 13.6 Å². The second-order valence-electron chi connectivity index (χ2n) is 7.22. The number of carbonyl (C=O) groups is 1. The third-order valence-corrected chi connectivity index (χ3v) is 5.21. The van der Waals surface area contributed by atoms with Crippen LogP contribution in [0.1, 0.15) is 35.0 Å². The maximum Gasteiger partial charge on any atom is 0.387 e. The number of benzene rings is 1. The van der Waals surface area contributed by atoms with Gasteiger partial charge in [-0.15, -0.1) is 15.3 Å². The monoisotopic (exact) mass is 425 g/mol. The van der Waals surface area contributed by atoms with Crippen LogP contribution in [0.25, 0.3) is 11.5 Å². The zero-order chi connectivity index (χ0) is 21.7. The van der Waals surface area contributed by atoms with Gasteiger partial charge in [0.25, 0.3) is 0 Å². The van der Waals surface area contributed by atoms with Crippen LogP contribution in [0, 0.1) is 13.8 Å². The Morgan fingerprint density at radius 1 is 1.16 bits per heavy atom. The fourth-order valence-corrected chi connectivity index (χ4v) is 3.90. The molecule has 4 aromatic rings. The van der Waals surface area contributed by atoms with Crippen molar-refractivity contribution in [1.82, 2.24) is 29.6 Å². The van der Waals surface area contributed by atoms with Gasteiger partial charge in [0.2, 0.25) is 5.91 Å². The van der Waals surface area contributed by atoms with E-state index in [4.69, 9.17) is 0 Å². The van der Waals surface area contributed by atoms with Crippen molar-refractivity contribution >= 4 is 17.4 Å². The fraction of sp³-hybridized carbons (Fsp3) is 0.250. The van der Waals surface area contributed by atoms with Crippen molar-refractivity contribution in [2.24, 2.45) is 0 Å². The molecule has 1 aliphatic rings. The van der Waals surface area contributed by atoms with Crippen LogP contribution >= 0.6 is 0 Å². The van der Waals surface area contributed by atoms with E-state index in [-0.39, 0.29) is 24.0 Å². The molecule has 1 amide bonds. The lowest BCUT2D eigenvalue weighted by molar-refractivity contribution is -0.116. The number of carbonyl (C=O) groups excluding carboxylic acids is 1. The van der Waals surface area contributed by atoms with Gasteiger partial charge in [0.15, 0.2) is 17.3 Å². The Hall–Kier alpha value is -3.89. The SMILES string of the molecule is Cc1nn(-c2ccc3nnc(C)n3n2)c2c1[C@@H](c1cccc(OC(F)F)c1)CC(=O)N2. The van der Waals surface area contributed by atoms with Gasteiger partial charge >= 0.3 is 6.61 Å². The molecule has 1 N–H and O–H groups in total. The van der Waals surface area contributed by atoms with E-state index in [0.717, 1.165) is 5.56 Å². The number of fused-ring (bicyclic) bond motifs is 2. The Bertz CT molecular complexity index is 1310. The molecule has 1 atom stereocenters. The van der Waals surface area contributed by atoms with Gasteiger partial charge < -0.3 is 10.1 Å². The van der Waals surface area contributed by atoms with E-state index in [1.54, 1.807) is 40.4 Å². The Labute approximate surface area is 174 Å². The molecule has 31 heavy (non-hydrogen) atoms. The zero-order valence-electron chi connectivity index (χ0n) is 16.6. The topological polar surface area (TPSA) is 99.2 Å². The predicted octanol–water partition coefficient (Wildman–Crippen LogP) is 3.00. The molecule has 0 aliphatic carbocycles. The number of nitrogens with zero attached hydrogens (tertiary/aromatic N) is 6. The van der Waals surface area contributed by atoms with Crippen LogP contribution in [0.5, 0.6) is 5.75 Å². The van der Waals surface area contributed by atoms with Crippen molar-refractivity contribution in [3.63, 3.8) is 0 Å². The van der Waals surface area contributed by atoms with Crippen LogP contribution in [0.2, 0.25) is 0 Å². The van der Waals surface area contributed by atoms with E-state index in [2.05, 4.69) is 30.4 Å². The summed E-state index contributed by atoms with van der Waals surface area (Å²) in [4.78, 5) is 12.5. The molecule has 4 heterocycles. The molecule has 0 radical (unpaired) electrons. The first kappa shape index (κ1) is 19.1. The summed E-state index contributed by atoms with van der Waals surface area (Å²) in [6.45, 7) is 0.696. The van der Waals surface area contributed by atoms with Gasteiger partial charge in [-0.3, -0.25) is 4.79 Å². The lowest BCUT2D eigenvalue weighted by Gasteiger charge is -2.24. The lowest BCUT2D eigenvalue weighted by atomic mass is 9.86. The van der Waals surface area contributed by atoms with Gasteiger partial charge in [-0.2, -0.15) is 23.1 Å². The maximum absolute atomic E-state index is 12.6. The van der Waals surface area contributed by atoms with E-state index in [0.29, 0.717) is 34.4 Å². The number of nitrogens with one attached hydrogen (secondary N) is 1. The molecule has 0 saturated carbocycles. The minimum absolute atomic E-state index is 0.0419. The molecule has 5 rings (SSSR count). The minimum atomic E-state index is -2.92. The highest BCUT2D eigenvalue weighted by Gasteiger charge is 2.33. The first-order chi connectivity index (χ1) is 14.9. The summed E-state index contributed by atoms with van der Waals surface area (Å²) in [5, 5.41) is 20.0. The average molecular weight is 425 g/mol. The molecule has 0 bridgehead atoms. The van der Waals surface area contributed by atoms with E-state index in [1.165, 1.54) is 12.1 Å². The normalized spacial score (nSPS) is 15.9. The maximum atomic E-state index is 12.6.